The van der Waals surface area contributed by atoms with Crippen molar-refractivity contribution < 1.29 is 4.79 Å². The Bertz CT molecular complexity index is 652. The lowest BCUT2D eigenvalue weighted by Gasteiger charge is -2.07. The molecule has 0 saturated carbocycles. The van der Waals surface area contributed by atoms with Crippen LogP contribution in [0.2, 0.25) is 0 Å². The van der Waals surface area contributed by atoms with Gasteiger partial charge in [-0.15, -0.1) is 0 Å². The van der Waals surface area contributed by atoms with Gasteiger partial charge in [-0.3, -0.25) is 9.59 Å². The van der Waals surface area contributed by atoms with Crippen LogP contribution in [0.15, 0.2) is 45.7 Å². The third kappa shape index (κ3) is 2.78. The summed E-state index contributed by atoms with van der Waals surface area (Å²) < 4.78 is 0.711. The number of aromatic amines is 1. The number of carbonyl (C=O) groups is 1. The van der Waals surface area contributed by atoms with Crippen LogP contribution in [0.5, 0.6) is 0 Å². The summed E-state index contributed by atoms with van der Waals surface area (Å²) in [6.07, 6.45) is 0. The van der Waals surface area contributed by atoms with Crippen LogP contribution in [0, 0.1) is 0 Å². The van der Waals surface area contributed by atoms with Gasteiger partial charge in [0.2, 0.25) is 5.56 Å². The summed E-state index contributed by atoms with van der Waals surface area (Å²) in [6, 6.07) is 9.46. The average molecular weight is 308 g/mol. The number of nitrogens with one attached hydrogen (secondary N) is 2. The van der Waals surface area contributed by atoms with Crippen LogP contribution in [0.25, 0.3) is 0 Å². The van der Waals surface area contributed by atoms with Gasteiger partial charge in [-0.1, -0.05) is 6.07 Å². The fourth-order valence-electron chi connectivity index (χ4n) is 1.41. The van der Waals surface area contributed by atoms with E-state index in [1.807, 2.05) is 0 Å². The summed E-state index contributed by atoms with van der Waals surface area (Å²) in [6.45, 7) is 0. The second-order valence-electron chi connectivity index (χ2n) is 3.62. The summed E-state index contributed by atoms with van der Waals surface area (Å²) in [5.41, 5.74) is 6.59. The molecule has 0 unspecified atom stereocenters. The Kier molecular flexibility index (Phi) is 3.47. The van der Waals surface area contributed by atoms with E-state index < -0.39 is 5.91 Å². The predicted octanol–water partition coefficient (Wildman–Crippen LogP) is 1.97. The highest BCUT2D eigenvalue weighted by molar-refractivity contribution is 9.10. The standard InChI is InChI=1S/C12H10BrN3O2/c13-8-5-4-7(14)6-10(8)16-12(18)9-2-1-3-11(17)15-9/h1-6H,14H2,(H,15,17)(H,16,18). The molecule has 1 aromatic carbocycles. The van der Waals surface area contributed by atoms with E-state index in [0.717, 1.165) is 0 Å². The number of nitrogens with two attached hydrogens (primary N) is 1. The van der Waals surface area contributed by atoms with Crippen LogP contribution >= 0.6 is 15.9 Å². The number of aromatic nitrogens is 1. The molecule has 92 valence electrons. The van der Waals surface area contributed by atoms with E-state index in [9.17, 15) is 9.59 Å². The quantitative estimate of drug-likeness (QED) is 0.741. The Labute approximate surface area is 111 Å². The lowest BCUT2D eigenvalue weighted by atomic mass is 10.2. The monoisotopic (exact) mass is 307 g/mol. The number of carbonyl (C=O) groups excluding carboxylic acids is 1. The topological polar surface area (TPSA) is 88.0 Å². The lowest BCUT2D eigenvalue weighted by molar-refractivity contribution is 0.102. The van der Waals surface area contributed by atoms with Crippen LogP contribution in [0.1, 0.15) is 10.5 Å². The smallest absolute Gasteiger partial charge is 0.272 e. The molecule has 2 aromatic rings. The minimum absolute atomic E-state index is 0.192. The molecule has 1 heterocycles. The summed E-state index contributed by atoms with van der Waals surface area (Å²) >= 11 is 3.30. The van der Waals surface area contributed by atoms with Gasteiger partial charge in [-0.2, -0.15) is 0 Å². The zero-order valence-corrected chi connectivity index (χ0v) is 10.8. The second kappa shape index (κ2) is 5.05. The van der Waals surface area contributed by atoms with Crippen molar-refractivity contribution in [1.29, 1.82) is 0 Å². The van der Waals surface area contributed by atoms with Crippen LogP contribution in [0.4, 0.5) is 11.4 Å². The van der Waals surface area contributed by atoms with Gasteiger partial charge in [0.05, 0.1) is 5.69 Å². The Morgan fingerprint density at radius 3 is 2.78 bits per heavy atom. The maximum absolute atomic E-state index is 11.9. The van der Waals surface area contributed by atoms with Crippen molar-refractivity contribution in [2.75, 3.05) is 11.1 Å². The number of anilines is 2. The van der Waals surface area contributed by atoms with Crippen LogP contribution in [-0.4, -0.2) is 10.9 Å². The Hall–Kier alpha value is -2.08. The average Bonchev–Trinajstić information content (AvgIpc) is 2.34. The van der Waals surface area contributed by atoms with Gasteiger partial charge in [0.1, 0.15) is 5.69 Å². The molecule has 0 aliphatic heterocycles. The number of pyridine rings is 1. The molecule has 1 amide bonds. The van der Waals surface area contributed by atoms with Gasteiger partial charge >= 0.3 is 0 Å². The van der Waals surface area contributed by atoms with Gasteiger partial charge in [0, 0.05) is 16.2 Å². The minimum Gasteiger partial charge on any atom is -0.399 e. The number of halogens is 1. The summed E-state index contributed by atoms with van der Waals surface area (Å²) in [5, 5.41) is 2.66. The third-order valence-electron chi connectivity index (χ3n) is 2.25. The van der Waals surface area contributed by atoms with Gasteiger partial charge in [-0.25, -0.2) is 0 Å². The molecule has 0 fully saturated rings. The van der Waals surface area contributed by atoms with E-state index in [1.54, 1.807) is 18.2 Å². The first kappa shape index (κ1) is 12.4. The first-order valence-corrected chi connectivity index (χ1v) is 5.91. The zero-order valence-electron chi connectivity index (χ0n) is 9.24. The second-order valence-corrected chi connectivity index (χ2v) is 4.48. The van der Waals surface area contributed by atoms with Gasteiger partial charge in [0.15, 0.2) is 0 Å². The van der Waals surface area contributed by atoms with Crippen LogP contribution in [0.3, 0.4) is 0 Å². The van der Waals surface area contributed by atoms with Crippen molar-refractivity contribution in [3.05, 3.63) is 56.9 Å². The largest absolute Gasteiger partial charge is 0.399 e. The first-order chi connectivity index (χ1) is 8.56. The number of hydrogen-bond acceptors (Lipinski definition) is 3. The summed E-state index contributed by atoms with van der Waals surface area (Å²) in [7, 11) is 0. The van der Waals surface area contributed by atoms with Crippen molar-refractivity contribution in [3.8, 4) is 0 Å². The fourth-order valence-corrected chi connectivity index (χ4v) is 1.75. The lowest BCUT2D eigenvalue weighted by Crippen LogP contribution is -2.18. The number of rotatable bonds is 2. The van der Waals surface area contributed by atoms with E-state index >= 15 is 0 Å². The maximum Gasteiger partial charge on any atom is 0.272 e. The highest BCUT2D eigenvalue weighted by Crippen LogP contribution is 2.24. The molecule has 0 spiro atoms. The van der Waals surface area contributed by atoms with Crippen LogP contribution < -0.4 is 16.6 Å². The molecule has 18 heavy (non-hydrogen) atoms. The fraction of sp³-hybridized carbons (Fsp3) is 0. The van der Waals surface area contributed by atoms with E-state index in [2.05, 4.69) is 26.2 Å². The molecule has 5 nitrogen and oxygen atoms in total. The third-order valence-corrected chi connectivity index (χ3v) is 2.94. The molecule has 1 aromatic heterocycles. The van der Waals surface area contributed by atoms with Crippen molar-refractivity contribution in [1.82, 2.24) is 4.98 Å². The Balaban J connectivity index is 2.26. The van der Waals surface area contributed by atoms with Crippen LogP contribution in [-0.2, 0) is 0 Å². The SMILES string of the molecule is Nc1ccc(Br)c(NC(=O)c2cccc(=O)[nH]2)c1. The van der Waals surface area contributed by atoms with E-state index in [0.29, 0.717) is 15.8 Å². The van der Waals surface area contributed by atoms with Crippen molar-refractivity contribution in [2.45, 2.75) is 0 Å². The molecule has 0 aliphatic carbocycles. The molecular weight excluding hydrogens is 298 g/mol. The number of benzene rings is 1. The summed E-state index contributed by atoms with van der Waals surface area (Å²) in [5.74, 6) is -0.404. The normalized spacial score (nSPS) is 10.1. The minimum atomic E-state index is -0.404. The molecule has 0 saturated heterocycles. The molecule has 0 aliphatic rings. The van der Waals surface area contributed by atoms with Crippen molar-refractivity contribution >= 4 is 33.2 Å². The van der Waals surface area contributed by atoms with Gasteiger partial charge < -0.3 is 16.0 Å². The maximum atomic E-state index is 11.9. The van der Waals surface area contributed by atoms with Crippen molar-refractivity contribution in [3.63, 3.8) is 0 Å². The van der Waals surface area contributed by atoms with Gasteiger partial charge in [0.25, 0.3) is 5.91 Å². The van der Waals surface area contributed by atoms with Gasteiger partial charge in [-0.05, 0) is 40.2 Å². The zero-order chi connectivity index (χ0) is 13.1. The van der Waals surface area contributed by atoms with E-state index in [-0.39, 0.29) is 11.3 Å². The molecule has 0 radical (unpaired) electrons. The molecular formula is C12H10BrN3O2. The number of H-pyrrole nitrogens is 1. The predicted molar refractivity (Wildman–Crippen MR) is 73.6 cm³/mol. The number of hydrogen-bond donors (Lipinski definition) is 3. The van der Waals surface area contributed by atoms with E-state index in [1.165, 1.54) is 18.2 Å². The Morgan fingerprint density at radius 2 is 2.06 bits per heavy atom. The van der Waals surface area contributed by atoms with Crippen molar-refractivity contribution in [2.24, 2.45) is 0 Å². The summed E-state index contributed by atoms with van der Waals surface area (Å²) in [4.78, 5) is 25.4. The first-order valence-electron chi connectivity index (χ1n) is 5.12. The number of nitrogen functional groups attached to an aromatic ring is 1. The highest BCUT2D eigenvalue weighted by atomic mass is 79.9. The molecule has 0 bridgehead atoms. The highest BCUT2D eigenvalue weighted by Gasteiger charge is 2.09. The molecule has 4 N–H and O–H groups in total. The molecule has 2 rings (SSSR count). The molecule has 6 heteroatoms. The Morgan fingerprint density at radius 1 is 1.28 bits per heavy atom. The van der Waals surface area contributed by atoms with E-state index in [4.69, 9.17) is 5.73 Å². The number of amides is 1. The molecule has 0 atom stereocenters.